The van der Waals surface area contributed by atoms with Crippen LogP contribution in [0.4, 0.5) is 0 Å². The minimum absolute atomic E-state index is 0.260. The van der Waals surface area contributed by atoms with Crippen molar-refractivity contribution >= 4 is 11.8 Å². The third kappa shape index (κ3) is 1.80. The fraction of sp³-hybridized carbons (Fsp3) is 0.750. The summed E-state index contributed by atoms with van der Waals surface area (Å²) in [5.41, 5.74) is -0.593. The van der Waals surface area contributed by atoms with Crippen LogP contribution in [0.2, 0.25) is 0 Å². The van der Waals surface area contributed by atoms with Crippen molar-refractivity contribution in [3.05, 3.63) is 0 Å². The number of nitrogens with one attached hydrogen (secondary N) is 1. The van der Waals surface area contributed by atoms with E-state index in [0.717, 1.165) is 0 Å². The van der Waals surface area contributed by atoms with E-state index in [0.29, 0.717) is 11.5 Å². The highest BCUT2D eigenvalue weighted by Crippen LogP contribution is 2.27. The number of hydrogen-bond donors (Lipinski definition) is 2. The van der Waals surface area contributed by atoms with Gasteiger partial charge in [0.05, 0.1) is 5.54 Å². The van der Waals surface area contributed by atoms with E-state index in [4.69, 9.17) is 0 Å². The molecule has 0 bridgehead atoms. The molecule has 5 heteroatoms. The molecule has 1 atom stereocenters. The van der Waals surface area contributed by atoms with Crippen LogP contribution in [0.15, 0.2) is 0 Å². The monoisotopic (exact) mass is 186 g/mol. The molecule has 0 aromatic heterocycles. The van der Waals surface area contributed by atoms with Crippen molar-refractivity contribution in [1.82, 2.24) is 10.4 Å². The first-order chi connectivity index (χ1) is 5.84. The van der Waals surface area contributed by atoms with E-state index in [9.17, 15) is 14.8 Å². The molecule has 1 fully saturated rings. The summed E-state index contributed by atoms with van der Waals surface area (Å²) in [4.78, 5) is 22.0. The summed E-state index contributed by atoms with van der Waals surface area (Å²) in [5.74, 6) is -0.704. The van der Waals surface area contributed by atoms with E-state index in [1.165, 1.54) is 6.92 Å². The predicted octanol–water partition coefficient (Wildman–Crippen LogP) is -0.109. The Bertz CT molecular complexity index is 250. The Morgan fingerprint density at radius 1 is 1.69 bits per heavy atom. The number of hydroxylamine groups is 2. The molecule has 0 spiro atoms. The molecule has 1 aliphatic heterocycles. The first-order valence-electron chi connectivity index (χ1n) is 4.14. The summed E-state index contributed by atoms with van der Waals surface area (Å²) >= 11 is 0. The SMILES string of the molecule is CC(=O)NC1CC(C)(C)N(O)C1=O. The van der Waals surface area contributed by atoms with Gasteiger partial charge in [-0.05, 0) is 13.8 Å². The van der Waals surface area contributed by atoms with Crippen molar-refractivity contribution < 1.29 is 14.8 Å². The van der Waals surface area contributed by atoms with E-state index in [1.54, 1.807) is 13.8 Å². The zero-order chi connectivity index (χ0) is 10.2. The Balaban J connectivity index is 2.72. The number of nitrogens with zero attached hydrogens (tertiary/aromatic N) is 1. The first kappa shape index (κ1) is 9.98. The average molecular weight is 186 g/mol. The van der Waals surface area contributed by atoms with E-state index in [-0.39, 0.29) is 5.91 Å². The van der Waals surface area contributed by atoms with Crippen molar-refractivity contribution in [2.45, 2.75) is 38.8 Å². The van der Waals surface area contributed by atoms with Gasteiger partial charge in [-0.3, -0.25) is 14.8 Å². The van der Waals surface area contributed by atoms with Crippen molar-refractivity contribution in [3.8, 4) is 0 Å². The van der Waals surface area contributed by atoms with E-state index < -0.39 is 17.5 Å². The Kier molecular flexibility index (Phi) is 2.30. The summed E-state index contributed by atoms with van der Waals surface area (Å²) in [7, 11) is 0. The fourth-order valence-electron chi connectivity index (χ4n) is 1.48. The summed E-state index contributed by atoms with van der Waals surface area (Å²) in [6.07, 6.45) is 0.432. The van der Waals surface area contributed by atoms with Crippen LogP contribution in [-0.4, -0.2) is 33.7 Å². The highest BCUT2D eigenvalue weighted by molar-refractivity contribution is 5.88. The minimum atomic E-state index is -0.593. The Hall–Kier alpha value is -1.10. The summed E-state index contributed by atoms with van der Waals surface area (Å²) in [5, 5.41) is 12.5. The van der Waals surface area contributed by atoms with Gasteiger partial charge in [-0.1, -0.05) is 0 Å². The minimum Gasteiger partial charge on any atom is -0.344 e. The van der Waals surface area contributed by atoms with Crippen LogP contribution in [0, 0.1) is 0 Å². The molecule has 1 rings (SSSR count). The second-order valence-electron chi connectivity index (χ2n) is 3.92. The summed E-state index contributed by atoms with van der Waals surface area (Å²) < 4.78 is 0. The molecule has 0 aliphatic carbocycles. The van der Waals surface area contributed by atoms with Crippen LogP contribution in [0.25, 0.3) is 0 Å². The van der Waals surface area contributed by atoms with Crippen molar-refractivity contribution in [2.24, 2.45) is 0 Å². The Labute approximate surface area is 76.7 Å². The second-order valence-corrected chi connectivity index (χ2v) is 3.92. The second kappa shape index (κ2) is 2.99. The fourth-order valence-corrected chi connectivity index (χ4v) is 1.48. The third-order valence-electron chi connectivity index (χ3n) is 2.16. The van der Waals surface area contributed by atoms with Crippen molar-refractivity contribution in [2.75, 3.05) is 0 Å². The van der Waals surface area contributed by atoms with Gasteiger partial charge in [0, 0.05) is 13.3 Å². The molecule has 74 valence electrons. The lowest BCUT2D eigenvalue weighted by Gasteiger charge is -2.23. The lowest BCUT2D eigenvalue weighted by Crippen LogP contribution is -2.41. The zero-order valence-corrected chi connectivity index (χ0v) is 8.00. The van der Waals surface area contributed by atoms with Gasteiger partial charge in [-0.25, -0.2) is 5.06 Å². The highest BCUT2D eigenvalue weighted by Gasteiger charge is 2.44. The van der Waals surface area contributed by atoms with Gasteiger partial charge in [-0.15, -0.1) is 0 Å². The van der Waals surface area contributed by atoms with Crippen LogP contribution in [0.1, 0.15) is 27.2 Å². The van der Waals surface area contributed by atoms with E-state index in [2.05, 4.69) is 5.32 Å². The molecule has 1 aliphatic rings. The van der Waals surface area contributed by atoms with Gasteiger partial charge in [0.15, 0.2) is 0 Å². The molecule has 2 N–H and O–H groups in total. The average Bonchev–Trinajstić information content (AvgIpc) is 2.13. The summed E-state index contributed by atoms with van der Waals surface area (Å²) in [6.45, 7) is 4.83. The molecule has 5 nitrogen and oxygen atoms in total. The normalized spacial score (nSPS) is 26.3. The van der Waals surface area contributed by atoms with Crippen LogP contribution in [0.3, 0.4) is 0 Å². The Morgan fingerprint density at radius 2 is 2.23 bits per heavy atom. The molecular weight excluding hydrogens is 172 g/mol. The highest BCUT2D eigenvalue weighted by atomic mass is 16.5. The van der Waals surface area contributed by atoms with E-state index in [1.807, 2.05) is 0 Å². The van der Waals surface area contributed by atoms with E-state index >= 15 is 0 Å². The van der Waals surface area contributed by atoms with Gasteiger partial charge in [0.25, 0.3) is 5.91 Å². The maximum absolute atomic E-state index is 11.3. The molecule has 2 amide bonds. The predicted molar refractivity (Wildman–Crippen MR) is 44.9 cm³/mol. The van der Waals surface area contributed by atoms with Crippen LogP contribution < -0.4 is 5.32 Å². The first-order valence-corrected chi connectivity index (χ1v) is 4.14. The van der Waals surface area contributed by atoms with Crippen molar-refractivity contribution in [1.29, 1.82) is 0 Å². The van der Waals surface area contributed by atoms with Crippen molar-refractivity contribution in [3.63, 3.8) is 0 Å². The lowest BCUT2D eigenvalue weighted by atomic mass is 10.0. The molecule has 1 heterocycles. The lowest BCUT2D eigenvalue weighted by molar-refractivity contribution is -0.176. The van der Waals surface area contributed by atoms with Gasteiger partial charge >= 0.3 is 0 Å². The van der Waals surface area contributed by atoms with Crippen LogP contribution in [0.5, 0.6) is 0 Å². The van der Waals surface area contributed by atoms with Crippen LogP contribution in [-0.2, 0) is 9.59 Å². The third-order valence-corrected chi connectivity index (χ3v) is 2.16. The maximum Gasteiger partial charge on any atom is 0.269 e. The molecule has 0 aromatic carbocycles. The summed E-state index contributed by atoms with van der Waals surface area (Å²) in [6, 6.07) is -0.586. The number of carbonyl (C=O) groups excluding carboxylic acids is 2. The molecule has 13 heavy (non-hydrogen) atoms. The molecule has 1 unspecified atom stereocenters. The van der Waals surface area contributed by atoms with Crippen LogP contribution >= 0.6 is 0 Å². The molecular formula is C8H14N2O3. The standard InChI is InChI=1S/C8H14N2O3/c1-5(11)9-6-4-8(2,3)10(13)7(6)12/h6,13H,4H2,1-3H3,(H,9,11). The topological polar surface area (TPSA) is 69.6 Å². The van der Waals surface area contributed by atoms with Gasteiger partial charge in [-0.2, -0.15) is 0 Å². The maximum atomic E-state index is 11.3. The van der Waals surface area contributed by atoms with Gasteiger partial charge < -0.3 is 5.32 Å². The molecule has 0 radical (unpaired) electrons. The molecule has 1 saturated heterocycles. The zero-order valence-electron chi connectivity index (χ0n) is 8.00. The number of hydrogen-bond acceptors (Lipinski definition) is 3. The number of carbonyl (C=O) groups is 2. The van der Waals surface area contributed by atoms with Gasteiger partial charge in [0.1, 0.15) is 6.04 Å². The number of rotatable bonds is 1. The largest absolute Gasteiger partial charge is 0.344 e. The smallest absolute Gasteiger partial charge is 0.269 e. The Morgan fingerprint density at radius 3 is 2.54 bits per heavy atom. The van der Waals surface area contributed by atoms with Gasteiger partial charge in [0.2, 0.25) is 5.91 Å². The molecule has 0 saturated carbocycles. The number of amides is 2. The quantitative estimate of drug-likeness (QED) is 0.561. The molecule has 0 aromatic rings.